The van der Waals surface area contributed by atoms with Gasteiger partial charge in [-0.1, -0.05) is 25.4 Å². The van der Waals surface area contributed by atoms with E-state index >= 15 is 0 Å². The molecule has 0 radical (unpaired) electrons. The van der Waals surface area contributed by atoms with Crippen LogP contribution in [0.2, 0.25) is 5.02 Å². The summed E-state index contributed by atoms with van der Waals surface area (Å²) in [5.41, 5.74) is -0.300. The van der Waals surface area contributed by atoms with Crippen molar-refractivity contribution in [1.29, 1.82) is 0 Å². The highest BCUT2D eigenvalue weighted by Gasteiger charge is 2.47. The van der Waals surface area contributed by atoms with Gasteiger partial charge in [-0.25, -0.2) is 9.18 Å². The standard InChI is InChI=1S/C18H21BClFN2O7/c1-9(2)6-14(19-29-17(27)18(30-19)28-10(3)24)23-15(25)8-22-16(26)12-7-11(20)4-5-13(12)21/h4-5,7,9,14,18H,6,8H2,1-3H3,(H,22,26)(H,23,25)/t14-,18+/m0/s1. The van der Waals surface area contributed by atoms with Crippen LogP contribution in [0.15, 0.2) is 18.2 Å². The fourth-order valence-electron chi connectivity index (χ4n) is 2.71. The molecule has 1 saturated heterocycles. The van der Waals surface area contributed by atoms with Gasteiger partial charge in [-0.3, -0.25) is 14.4 Å². The van der Waals surface area contributed by atoms with Crippen LogP contribution in [0.4, 0.5) is 4.39 Å². The van der Waals surface area contributed by atoms with Gasteiger partial charge >= 0.3 is 19.1 Å². The van der Waals surface area contributed by atoms with E-state index in [4.69, 9.17) is 25.6 Å². The van der Waals surface area contributed by atoms with E-state index in [1.807, 2.05) is 13.8 Å². The Kier molecular flexibility index (Phi) is 8.19. The van der Waals surface area contributed by atoms with Gasteiger partial charge in [0.2, 0.25) is 5.91 Å². The SMILES string of the molecule is CC(=O)O[C@@H]1OB([C@H](CC(C)C)NC(=O)CNC(=O)c2cc(Cl)ccc2F)OC1=O. The smallest absolute Gasteiger partial charge is 0.504 e. The molecule has 0 aliphatic carbocycles. The van der Waals surface area contributed by atoms with Crippen LogP contribution in [0.25, 0.3) is 0 Å². The number of hydrogen-bond acceptors (Lipinski definition) is 7. The van der Waals surface area contributed by atoms with Gasteiger partial charge in [0, 0.05) is 11.9 Å². The quantitative estimate of drug-likeness (QED) is 0.459. The zero-order valence-electron chi connectivity index (χ0n) is 16.6. The lowest BCUT2D eigenvalue weighted by molar-refractivity contribution is -0.170. The summed E-state index contributed by atoms with van der Waals surface area (Å²) in [6.45, 7) is 4.41. The normalized spacial score (nSPS) is 16.8. The molecule has 9 nitrogen and oxygen atoms in total. The van der Waals surface area contributed by atoms with E-state index in [2.05, 4.69) is 10.6 Å². The second-order valence-corrected chi connectivity index (χ2v) is 7.43. The summed E-state index contributed by atoms with van der Waals surface area (Å²) in [4.78, 5) is 47.2. The lowest BCUT2D eigenvalue weighted by Crippen LogP contribution is -2.51. The monoisotopic (exact) mass is 442 g/mol. The molecule has 1 heterocycles. The number of rotatable bonds is 8. The molecule has 0 unspecified atom stereocenters. The van der Waals surface area contributed by atoms with E-state index < -0.39 is 55.5 Å². The third-order valence-corrected chi connectivity index (χ3v) is 4.17. The highest BCUT2D eigenvalue weighted by molar-refractivity contribution is 6.51. The largest absolute Gasteiger partial charge is 0.554 e. The molecule has 1 fully saturated rings. The van der Waals surface area contributed by atoms with Crippen molar-refractivity contribution in [2.75, 3.05) is 6.54 Å². The minimum atomic E-state index is -1.51. The van der Waals surface area contributed by atoms with Gasteiger partial charge in [-0.15, -0.1) is 0 Å². The van der Waals surface area contributed by atoms with Crippen LogP contribution >= 0.6 is 11.6 Å². The van der Waals surface area contributed by atoms with Gasteiger partial charge < -0.3 is 24.7 Å². The maximum atomic E-state index is 13.7. The van der Waals surface area contributed by atoms with Crippen molar-refractivity contribution in [3.8, 4) is 0 Å². The van der Waals surface area contributed by atoms with Crippen LogP contribution in [-0.2, 0) is 28.4 Å². The third kappa shape index (κ3) is 6.70. The van der Waals surface area contributed by atoms with Crippen LogP contribution in [0.3, 0.4) is 0 Å². The summed E-state index contributed by atoms with van der Waals surface area (Å²) in [6, 6.07) is 3.48. The number of ether oxygens (including phenoxy) is 1. The van der Waals surface area contributed by atoms with Crippen LogP contribution < -0.4 is 10.6 Å². The number of benzene rings is 1. The maximum Gasteiger partial charge on any atom is 0.554 e. The molecule has 12 heteroatoms. The van der Waals surface area contributed by atoms with Crippen molar-refractivity contribution in [1.82, 2.24) is 10.6 Å². The summed E-state index contributed by atoms with van der Waals surface area (Å²) < 4.78 is 28.8. The van der Waals surface area contributed by atoms with Crippen molar-refractivity contribution < 1.29 is 37.6 Å². The highest BCUT2D eigenvalue weighted by atomic mass is 35.5. The molecule has 0 aromatic heterocycles. The lowest BCUT2D eigenvalue weighted by Gasteiger charge is -2.21. The van der Waals surface area contributed by atoms with Crippen LogP contribution in [0, 0.1) is 11.7 Å². The zero-order valence-corrected chi connectivity index (χ0v) is 17.3. The number of carbonyl (C=O) groups excluding carboxylic acids is 4. The first-order chi connectivity index (χ1) is 14.1. The number of halogens is 2. The Labute approximate surface area is 177 Å². The second kappa shape index (κ2) is 10.4. The summed E-state index contributed by atoms with van der Waals surface area (Å²) in [5, 5.41) is 5.07. The summed E-state index contributed by atoms with van der Waals surface area (Å²) in [6.07, 6.45) is -1.14. The molecule has 1 aromatic rings. The molecular weight excluding hydrogens is 421 g/mol. The minimum Gasteiger partial charge on any atom is -0.504 e. The van der Waals surface area contributed by atoms with Crippen LogP contribution in [0.5, 0.6) is 0 Å². The van der Waals surface area contributed by atoms with Crippen molar-refractivity contribution >= 4 is 42.5 Å². The molecule has 1 aliphatic rings. The Balaban J connectivity index is 1.97. The molecule has 162 valence electrons. The number of carbonyl (C=O) groups is 4. The average Bonchev–Trinajstić information content (AvgIpc) is 3.00. The Morgan fingerprint density at radius 1 is 1.33 bits per heavy atom. The summed E-state index contributed by atoms with van der Waals surface area (Å²) >= 11 is 5.76. The molecule has 2 rings (SSSR count). The van der Waals surface area contributed by atoms with Gasteiger partial charge in [0.15, 0.2) is 0 Å². The molecule has 30 heavy (non-hydrogen) atoms. The van der Waals surface area contributed by atoms with E-state index in [1.165, 1.54) is 6.07 Å². The van der Waals surface area contributed by atoms with E-state index in [0.717, 1.165) is 19.1 Å². The van der Waals surface area contributed by atoms with Crippen LogP contribution in [-0.4, -0.2) is 49.6 Å². The third-order valence-electron chi connectivity index (χ3n) is 3.94. The molecule has 2 N–H and O–H groups in total. The lowest BCUT2D eigenvalue weighted by atomic mass is 9.74. The Hall–Kier alpha value is -2.66. The van der Waals surface area contributed by atoms with E-state index in [1.54, 1.807) is 0 Å². The molecule has 0 saturated carbocycles. The summed E-state index contributed by atoms with van der Waals surface area (Å²) in [7, 11) is -1.17. The predicted molar refractivity (Wildman–Crippen MR) is 104 cm³/mol. The number of nitrogens with one attached hydrogen (secondary N) is 2. The zero-order chi connectivity index (χ0) is 22.4. The van der Waals surface area contributed by atoms with Gasteiger partial charge in [-0.05, 0) is 30.5 Å². The van der Waals surface area contributed by atoms with E-state index in [9.17, 15) is 23.6 Å². The fourth-order valence-corrected chi connectivity index (χ4v) is 2.88. The molecule has 1 aromatic carbocycles. The molecule has 1 aliphatic heterocycles. The Morgan fingerprint density at radius 2 is 2.03 bits per heavy atom. The second-order valence-electron chi connectivity index (χ2n) is 6.99. The first kappa shape index (κ1) is 23.6. The van der Waals surface area contributed by atoms with Crippen molar-refractivity contribution in [2.45, 2.75) is 39.4 Å². The van der Waals surface area contributed by atoms with Gasteiger partial charge in [-0.2, -0.15) is 0 Å². The average molecular weight is 443 g/mol. The molecule has 2 atom stereocenters. The fraction of sp³-hybridized carbons (Fsp3) is 0.444. The Bertz CT molecular complexity index is 839. The molecular formula is C18H21BClFN2O7. The van der Waals surface area contributed by atoms with Gasteiger partial charge in [0.1, 0.15) is 5.82 Å². The maximum absolute atomic E-state index is 13.7. The predicted octanol–water partition coefficient (Wildman–Crippen LogP) is 1.23. The van der Waals surface area contributed by atoms with Gasteiger partial charge in [0.05, 0.1) is 18.0 Å². The van der Waals surface area contributed by atoms with Crippen molar-refractivity contribution in [3.63, 3.8) is 0 Å². The minimum absolute atomic E-state index is 0.0838. The topological polar surface area (TPSA) is 120 Å². The van der Waals surface area contributed by atoms with Crippen molar-refractivity contribution in [3.05, 3.63) is 34.6 Å². The number of esters is 1. The molecule has 0 spiro atoms. The Morgan fingerprint density at radius 3 is 2.67 bits per heavy atom. The van der Waals surface area contributed by atoms with Crippen LogP contribution in [0.1, 0.15) is 37.6 Å². The number of amides is 2. The van der Waals surface area contributed by atoms with E-state index in [0.29, 0.717) is 6.42 Å². The van der Waals surface area contributed by atoms with Crippen molar-refractivity contribution in [2.24, 2.45) is 5.92 Å². The van der Waals surface area contributed by atoms with E-state index in [-0.39, 0.29) is 16.5 Å². The van der Waals surface area contributed by atoms with Gasteiger partial charge in [0.25, 0.3) is 12.2 Å². The molecule has 0 bridgehead atoms. The first-order valence-corrected chi connectivity index (χ1v) is 9.50. The number of hydrogen-bond donors (Lipinski definition) is 2. The summed E-state index contributed by atoms with van der Waals surface area (Å²) in [5.74, 6) is -4.50. The first-order valence-electron chi connectivity index (χ1n) is 9.12. The highest BCUT2D eigenvalue weighted by Crippen LogP contribution is 2.19. The molecule has 2 amide bonds.